The van der Waals surface area contributed by atoms with Crippen LogP contribution in [0.15, 0.2) is 36.7 Å². The third-order valence-electron chi connectivity index (χ3n) is 2.57. The zero-order valence-electron chi connectivity index (χ0n) is 9.64. The Bertz CT molecular complexity index is 599. The van der Waals surface area contributed by atoms with Gasteiger partial charge in [0.25, 0.3) is 0 Å². The molecule has 0 saturated carbocycles. The molecule has 0 bridgehead atoms. The number of benzene rings is 1. The highest BCUT2D eigenvalue weighted by molar-refractivity contribution is 5.73. The summed E-state index contributed by atoms with van der Waals surface area (Å²) in [4.78, 5) is 10.5. The van der Waals surface area contributed by atoms with Gasteiger partial charge in [-0.2, -0.15) is 5.10 Å². The van der Waals surface area contributed by atoms with Crippen LogP contribution in [0.4, 0.5) is 4.39 Å². The number of aromatic nitrogens is 2. The van der Waals surface area contributed by atoms with E-state index >= 15 is 0 Å². The molecule has 1 heterocycles. The molecule has 6 nitrogen and oxygen atoms in total. The van der Waals surface area contributed by atoms with Crippen molar-refractivity contribution in [3.8, 4) is 5.69 Å². The van der Waals surface area contributed by atoms with E-state index in [2.05, 4.69) is 5.10 Å². The van der Waals surface area contributed by atoms with Gasteiger partial charge in [-0.15, -0.1) is 0 Å². The van der Waals surface area contributed by atoms with Crippen LogP contribution in [0.5, 0.6) is 0 Å². The Hall–Kier alpha value is -2.25. The SMILES string of the molecule is O=C(O)C(O)C(O)c1cnn(-c2cccc(F)c2)c1. The van der Waals surface area contributed by atoms with Gasteiger partial charge in [-0.1, -0.05) is 6.07 Å². The maximum atomic E-state index is 13.0. The lowest BCUT2D eigenvalue weighted by molar-refractivity contribution is -0.153. The summed E-state index contributed by atoms with van der Waals surface area (Å²) in [7, 11) is 0. The Kier molecular flexibility index (Phi) is 3.59. The van der Waals surface area contributed by atoms with Gasteiger partial charge in [-0.3, -0.25) is 0 Å². The molecule has 2 aromatic rings. The average Bonchev–Trinajstić information content (AvgIpc) is 2.86. The van der Waals surface area contributed by atoms with E-state index in [9.17, 15) is 19.4 Å². The van der Waals surface area contributed by atoms with Gasteiger partial charge in [0.2, 0.25) is 0 Å². The van der Waals surface area contributed by atoms with Crippen LogP contribution in [0.25, 0.3) is 5.69 Å². The summed E-state index contributed by atoms with van der Waals surface area (Å²) in [6.45, 7) is 0. The summed E-state index contributed by atoms with van der Waals surface area (Å²) in [5.41, 5.74) is 0.544. The largest absolute Gasteiger partial charge is 0.479 e. The van der Waals surface area contributed by atoms with Crippen LogP contribution in [-0.2, 0) is 4.79 Å². The second kappa shape index (κ2) is 5.17. The number of nitrogens with zero attached hydrogens (tertiary/aromatic N) is 2. The molecule has 0 aliphatic rings. The minimum Gasteiger partial charge on any atom is -0.479 e. The summed E-state index contributed by atoms with van der Waals surface area (Å²) < 4.78 is 14.3. The van der Waals surface area contributed by atoms with Crippen molar-refractivity contribution in [1.82, 2.24) is 9.78 Å². The molecule has 0 aliphatic carbocycles. The molecule has 0 amide bonds. The van der Waals surface area contributed by atoms with E-state index in [1.807, 2.05) is 0 Å². The van der Waals surface area contributed by atoms with Crippen molar-refractivity contribution >= 4 is 5.97 Å². The average molecular weight is 266 g/mol. The molecule has 2 unspecified atom stereocenters. The van der Waals surface area contributed by atoms with Crippen LogP contribution in [0, 0.1) is 5.82 Å². The molecular weight excluding hydrogens is 255 g/mol. The first-order chi connectivity index (χ1) is 8.99. The summed E-state index contributed by atoms with van der Waals surface area (Å²) in [6, 6.07) is 5.60. The van der Waals surface area contributed by atoms with Crippen molar-refractivity contribution in [1.29, 1.82) is 0 Å². The van der Waals surface area contributed by atoms with Crippen LogP contribution in [-0.4, -0.2) is 37.2 Å². The molecule has 2 rings (SSSR count). The lowest BCUT2D eigenvalue weighted by atomic mass is 10.1. The Labute approximate surface area is 107 Å². The molecule has 0 aliphatic heterocycles. The fourth-order valence-electron chi connectivity index (χ4n) is 1.57. The lowest BCUT2D eigenvalue weighted by Gasteiger charge is -2.11. The number of aliphatic hydroxyl groups is 2. The first-order valence-corrected chi connectivity index (χ1v) is 5.38. The predicted octanol–water partition coefficient (Wildman–Crippen LogP) is 0.490. The normalized spacial score (nSPS) is 14.1. The molecular formula is C12H11FN2O4. The van der Waals surface area contributed by atoms with Gasteiger partial charge in [-0.05, 0) is 18.2 Å². The monoisotopic (exact) mass is 266 g/mol. The zero-order valence-corrected chi connectivity index (χ0v) is 9.64. The highest BCUT2D eigenvalue weighted by atomic mass is 19.1. The number of aliphatic hydroxyl groups excluding tert-OH is 2. The molecule has 0 radical (unpaired) electrons. The fourth-order valence-corrected chi connectivity index (χ4v) is 1.57. The lowest BCUT2D eigenvalue weighted by Crippen LogP contribution is -2.27. The fraction of sp³-hybridized carbons (Fsp3) is 0.167. The third-order valence-corrected chi connectivity index (χ3v) is 2.57. The van der Waals surface area contributed by atoms with E-state index in [1.54, 1.807) is 6.07 Å². The Morgan fingerprint density at radius 3 is 2.74 bits per heavy atom. The summed E-state index contributed by atoms with van der Waals surface area (Å²) in [5, 5.41) is 31.3. The van der Waals surface area contributed by atoms with E-state index in [0.29, 0.717) is 5.69 Å². The number of carbonyl (C=O) groups is 1. The standard InChI is InChI=1S/C12H11FN2O4/c13-8-2-1-3-9(4-8)15-6-7(5-14-15)10(16)11(17)12(18)19/h1-6,10-11,16-17H,(H,18,19). The highest BCUT2D eigenvalue weighted by Gasteiger charge is 2.26. The highest BCUT2D eigenvalue weighted by Crippen LogP contribution is 2.18. The molecule has 0 fully saturated rings. The van der Waals surface area contributed by atoms with Gasteiger partial charge < -0.3 is 15.3 Å². The van der Waals surface area contributed by atoms with Crippen molar-refractivity contribution in [2.75, 3.05) is 0 Å². The maximum absolute atomic E-state index is 13.0. The smallest absolute Gasteiger partial charge is 0.335 e. The van der Waals surface area contributed by atoms with Gasteiger partial charge in [0.05, 0.1) is 11.9 Å². The van der Waals surface area contributed by atoms with Crippen LogP contribution >= 0.6 is 0 Å². The minimum absolute atomic E-state index is 0.124. The van der Waals surface area contributed by atoms with Crippen LogP contribution < -0.4 is 0 Å². The molecule has 3 N–H and O–H groups in total. The second-order valence-electron chi connectivity index (χ2n) is 3.93. The number of halogens is 1. The van der Waals surface area contributed by atoms with Crippen LogP contribution in [0.2, 0.25) is 0 Å². The van der Waals surface area contributed by atoms with Gasteiger partial charge in [0.1, 0.15) is 11.9 Å². The van der Waals surface area contributed by atoms with Crippen LogP contribution in [0.3, 0.4) is 0 Å². The van der Waals surface area contributed by atoms with Crippen LogP contribution in [0.1, 0.15) is 11.7 Å². The Morgan fingerprint density at radius 2 is 2.11 bits per heavy atom. The van der Waals surface area contributed by atoms with Crippen molar-refractivity contribution in [3.63, 3.8) is 0 Å². The molecule has 7 heteroatoms. The van der Waals surface area contributed by atoms with Crippen molar-refractivity contribution in [3.05, 3.63) is 48.0 Å². The van der Waals surface area contributed by atoms with Gasteiger partial charge in [0.15, 0.2) is 6.10 Å². The number of carboxylic acids is 1. The van der Waals surface area contributed by atoms with E-state index < -0.39 is 24.0 Å². The number of rotatable bonds is 4. The van der Waals surface area contributed by atoms with Gasteiger partial charge in [-0.25, -0.2) is 13.9 Å². The summed E-state index contributed by atoms with van der Waals surface area (Å²) in [6.07, 6.45) is -1.00. The Balaban J connectivity index is 2.26. The minimum atomic E-state index is -1.94. The molecule has 19 heavy (non-hydrogen) atoms. The van der Waals surface area contributed by atoms with E-state index in [4.69, 9.17) is 5.11 Å². The predicted molar refractivity (Wildman–Crippen MR) is 62.1 cm³/mol. The number of hydrogen-bond donors (Lipinski definition) is 3. The van der Waals surface area contributed by atoms with E-state index in [0.717, 1.165) is 0 Å². The first kappa shape index (κ1) is 13.2. The second-order valence-corrected chi connectivity index (χ2v) is 3.93. The summed E-state index contributed by atoms with van der Waals surface area (Å²) in [5.74, 6) is -1.98. The Morgan fingerprint density at radius 1 is 1.37 bits per heavy atom. The molecule has 1 aromatic heterocycles. The number of hydrogen-bond acceptors (Lipinski definition) is 4. The topological polar surface area (TPSA) is 95.6 Å². The van der Waals surface area contributed by atoms with Crippen molar-refractivity contribution in [2.24, 2.45) is 0 Å². The number of carboxylic acid groups (broad SMARTS) is 1. The van der Waals surface area contributed by atoms with Gasteiger partial charge >= 0.3 is 5.97 Å². The van der Waals surface area contributed by atoms with Crippen molar-refractivity contribution in [2.45, 2.75) is 12.2 Å². The quantitative estimate of drug-likeness (QED) is 0.748. The van der Waals surface area contributed by atoms with Crippen molar-refractivity contribution < 1.29 is 24.5 Å². The van der Waals surface area contributed by atoms with Gasteiger partial charge in [0, 0.05) is 11.8 Å². The van der Waals surface area contributed by atoms with E-state index in [-0.39, 0.29) is 5.56 Å². The molecule has 100 valence electrons. The molecule has 0 saturated heterocycles. The molecule has 0 spiro atoms. The zero-order chi connectivity index (χ0) is 14.0. The summed E-state index contributed by atoms with van der Waals surface area (Å²) >= 11 is 0. The molecule has 1 aromatic carbocycles. The molecule has 2 atom stereocenters. The third kappa shape index (κ3) is 2.78. The maximum Gasteiger partial charge on any atom is 0.335 e. The first-order valence-electron chi connectivity index (χ1n) is 5.38. The number of aliphatic carboxylic acids is 1. The van der Waals surface area contributed by atoms with E-state index in [1.165, 1.54) is 35.3 Å².